The molecule has 1 aromatic rings. The van der Waals surface area contributed by atoms with Crippen molar-refractivity contribution in [1.29, 1.82) is 0 Å². The summed E-state index contributed by atoms with van der Waals surface area (Å²) in [7, 11) is 1.39. The summed E-state index contributed by atoms with van der Waals surface area (Å²) in [6.45, 7) is 1.58. The molecule has 6 nitrogen and oxygen atoms in total. The molecule has 0 aliphatic carbocycles. The largest absolute Gasteiger partial charge is 0.406 e. The number of alkyl halides is 3. The smallest absolute Gasteiger partial charge is 0.335 e. The average Bonchev–Trinajstić information content (AvgIpc) is 2.97. The SMILES string of the molecule is CCCN(CC(F)(F)F)C(=O)CN(C)C(=O)[C@@H](C)n1cccn1. The van der Waals surface area contributed by atoms with Gasteiger partial charge in [0.05, 0.1) is 6.54 Å². The summed E-state index contributed by atoms with van der Waals surface area (Å²) in [6, 6.07) is 1.02. The Kier molecular flexibility index (Phi) is 6.59. The van der Waals surface area contributed by atoms with Crippen molar-refractivity contribution in [3.63, 3.8) is 0 Å². The lowest BCUT2D eigenvalue weighted by Crippen LogP contribution is -2.46. The minimum atomic E-state index is -4.46. The molecule has 0 aliphatic heterocycles. The molecule has 9 heteroatoms. The van der Waals surface area contributed by atoms with E-state index in [9.17, 15) is 22.8 Å². The molecule has 1 rings (SSSR count). The van der Waals surface area contributed by atoms with E-state index in [2.05, 4.69) is 5.10 Å². The predicted octanol–water partition coefficient (Wildman–Crippen LogP) is 1.70. The minimum Gasteiger partial charge on any atom is -0.335 e. The van der Waals surface area contributed by atoms with Crippen LogP contribution in [0.5, 0.6) is 0 Å². The van der Waals surface area contributed by atoms with E-state index in [1.165, 1.54) is 17.9 Å². The van der Waals surface area contributed by atoms with E-state index in [4.69, 9.17) is 0 Å². The molecule has 0 fully saturated rings. The van der Waals surface area contributed by atoms with E-state index >= 15 is 0 Å². The van der Waals surface area contributed by atoms with Gasteiger partial charge in [0, 0.05) is 26.0 Å². The average molecular weight is 334 g/mol. The van der Waals surface area contributed by atoms with Crippen LogP contribution in [0.2, 0.25) is 0 Å². The molecule has 0 aromatic carbocycles. The molecule has 0 N–H and O–H groups in total. The van der Waals surface area contributed by atoms with Crippen LogP contribution in [-0.4, -0.2) is 64.3 Å². The molecule has 0 bridgehead atoms. The van der Waals surface area contributed by atoms with E-state index in [1.807, 2.05) is 0 Å². The minimum absolute atomic E-state index is 0.00488. The third-order valence-electron chi connectivity index (χ3n) is 3.24. The van der Waals surface area contributed by atoms with Crippen LogP contribution < -0.4 is 0 Å². The first-order chi connectivity index (χ1) is 10.7. The van der Waals surface area contributed by atoms with Gasteiger partial charge in [0.15, 0.2) is 0 Å². The summed E-state index contributed by atoms with van der Waals surface area (Å²) in [5, 5.41) is 3.94. The van der Waals surface area contributed by atoms with Crippen LogP contribution in [0.1, 0.15) is 26.3 Å². The van der Waals surface area contributed by atoms with Crippen molar-refractivity contribution in [2.45, 2.75) is 32.5 Å². The Morgan fingerprint density at radius 1 is 1.35 bits per heavy atom. The van der Waals surface area contributed by atoms with E-state index < -0.39 is 37.1 Å². The van der Waals surface area contributed by atoms with Gasteiger partial charge in [-0.1, -0.05) is 6.92 Å². The fraction of sp³-hybridized carbons (Fsp3) is 0.643. The van der Waals surface area contributed by atoms with E-state index in [0.717, 1.165) is 9.80 Å². The number of amides is 2. The quantitative estimate of drug-likeness (QED) is 0.763. The maximum Gasteiger partial charge on any atom is 0.406 e. The summed E-state index contributed by atoms with van der Waals surface area (Å²) >= 11 is 0. The first-order valence-electron chi connectivity index (χ1n) is 7.24. The highest BCUT2D eigenvalue weighted by atomic mass is 19.4. The summed E-state index contributed by atoms with van der Waals surface area (Å²) < 4.78 is 39.0. The van der Waals surface area contributed by atoms with E-state index in [0.29, 0.717) is 6.42 Å². The van der Waals surface area contributed by atoms with Gasteiger partial charge in [-0.25, -0.2) is 0 Å². The molecule has 130 valence electrons. The van der Waals surface area contributed by atoms with Crippen molar-refractivity contribution in [2.24, 2.45) is 0 Å². The number of hydrogen-bond donors (Lipinski definition) is 0. The van der Waals surface area contributed by atoms with Gasteiger partial charge >= 0.3 is 6.18 Å². The molecule has 1 atom stereocenters. The second kappa shape index (κ2) is 7.98. The summed E-state index contributed by atoms with van der Waals surface area (Å²) in [4.78, 5) is 26.1. The maximum absolute atomic E-state index is 12.5. The topological polar surface area (TPSA) is 58.4 Å². The van der Waals surface area contributed by atoms with Crippen LogP contribution in [0, 0.1) is 0 Å². The molecule has 0 saturated carbocycles. The molecule has 0 saturated heterocycles. The van der Waals surface area contributed by atoms with E-state index in [1.54, 1.807) is 26.1 Å². The van der Waals surface area contributed by atoms with Gasteiger partial charge in [0.1, 0.15) is 12.6 Å². The Hall–Kier alpha value is -2.06. The van der Waals surface area contributed by atoms with Crippen molar-refractivity contribution in [1.82, 2.24) is 19.6 Å². The van der Waals surface area contributed by atoms with Crippen molar-refractivity contribution >= 4 is 11.8 Å². The highest BCUT2D eigenvalue weighted by Crippen LogP contribution is 2.17. The predicted molar refractivity (Wildman–Crippen MR) is 77.5 cm³/mol. The number of likely N-dealkylation sites (N-methyl/N-ethyl adjacent to an activating group) is 1. The van der Waals surface area contributed by atoms with Crippen LogP contribution in [0.3, 0.4) is 0 Å². The van der Waals surface area contributed by atoms with Gasteiger partial charge in [-0.2, -0.15) is 18.3 Å². The van der Waals surface area contributed by atoms with Crippen molar-refractivity contribution in [2.75, 3.05) is 26.7 Å². The van der Waals surface area contributed by atoms with Crippen LogP contribution >= 0.6 is 0 Å². The van der Waals surface area contributed by atoms with Gasteiger partial charge in [-0.15, -0.1) is 0 Å². The number of hydrogen-bond acceptors (Lipinski definition) is 3. The highest BCUT2D eigenvalue weighted by molar-refractivity contribution is 5.86. The lowest BCUT2D eigenvalue weighted by molar-refractivity contribution is -0.162. The molecular formula is C14H21F3N4O2. The van der Waals surface area contributed by atoms with Crippen LogP contribution in [0.15, 0.2) is 18.5 Å². The number of carbonyl (C=O) groups is 2. The van der Waals surface area contributed by atoms with Crippen LogP contribution in [0.4, 0.5) is 13.2 Å². The lowest BCUT2D eigenvalue weighted by atomic mass is 10.3. The second-order valence-corrected chi connectivity index (χ2v) is 5.29. The fourth-order valence-corrected chi connectivity index (χ4v) is 2.10. The molecule has 2 amide bonds. The number of rotatable bonds is 7. The van der Waals surface area contributed by atoms with Crippen molar-refractivity contribution in [3.05, 3.63) is 18.5 Å². The zero-order valence-corrected chi connectivity index (χ0v) is 13.4. The van der Waals surface area contributed by atoms with Crippen molar-refractivity contribution in [3.8, 4) is 0 Å². The molecule has 0 aliphatic rings. The van der Waals surface area contributed by atoms with Crippen LogP contribution in [0.25, 0.3) is 0 Å². The zero-order valence-electron chi connectivity index (χ0n) is 13.4. The van der Waals surface area contributed by atoms with Crippen LogP contribution in [-0.2, 0) is 9.59 Å². The van der Waals surface area contributed by atoms with Gasteiger partial charge in [0.25, 0.3) is 0 Å². The zero-order chi connectivity index (χ0) is 17.6. The number of carbonyl (C=O) groups excluding carboxylic acids is 2. The maximum atomic E-state index is 12.5. The molecule has 1 heterocycles. The van der Waals surface area contributed by atoms with Gasteiger partial charge < -0.3 is 9.80 Å². The summed E-state index contributed by atoms with van der Waals surface area (Å²) in [6.07, 6.45) is -0.939. The van der Waals surface area contributed by atoms with Gasteiger partial charge in [0.2, 0.25) is 11.8 Å². The Balaban J connectivity index is 2.67. The first kappa shape index (κ1) is 19.0. The van der Waals surface area contributed by atoms with Gasteiger partial charge in [-0.3, -0.25) is 14.3 Å². The standard InChI is InChI=1S/C14H21F3N4O2/c1-4-7-20(10-14(15,16)17)12(22)9-19(3)13(23)11(2)21-8-5-6-18-21/h5-6,8,11H,4,7,9-10H2,1-3H3/t11-/m1/s1. The van der Waals surface area contributed by atoms with Gasteiger partial charge in [-0.05, 0) is 19.4 Å². The fourth-order valence-electron chi connectivity index (χ4n) is 2.10. The number of halogens is 3. The molecule has 0 spiro atoms. The lowest BCUT2D eigenvalue weighted by Gasteiger charge is -2.27. The third-order valence-corrected chi connectivity index (χ3v) is 3.24. The summed E-state index contributed by atoms with van der Waals surface area (Å²) in [5.41, 5.74) is 0. The first-order valence-corrected chi connectivity index (χ1v) is 7.24. The number of nitrogens with zero attached hydrogens (tertiary/aromatic N) is 4. The third kappa shape index (κ3) is 5.91. The Morgan fingerprint density at radius 2 is 2.00 bits per heavy atom. The molecule has 0 unspecified atom stereocenters. The summed E-state index contributed by atoms with van der Waals surface area (Å²) in [5.74, 6) is -1.13. The van der Waals surface area contributed by atoms with Crippen molar-refractivity contribution < 1.29 is 22.8 Å². The molecule has 0 radical (unpaired) electrons. The Morgan fingerprint density at radius 3 is 2.48 bits per heavy atom. The Bertz CT molecular complexity index is 517. The second-order valence-electron chi connectivity index (χ2n) is 5.29. The highest BCUT2D eigenvalue weighted by Gasteiger charge is 2.33. The molecule has 1 aromatic heterocycles. The Labute approximate surface area is 132 Å². The van der Waals surface area contributed by atoms with E-state index in [-0.39, 0.29) is 6.54 Å². The number of aromatic nitrogens is 2. The molecule has 23 heavy (non-hydrogen) atoms. The normalized spacial score (nSPS) is 12.8. The molecular weight excluding hydrogens is 313 g/mol. The monoisotopic (exact) mass is 334 g/mol.